The fourth-order valence-electron chi connectivity index (χ4n) is 4.74. The van der Waals surface area contributed by atoms with Gasteiger partial charge in [0.15, 0.2) is 0 Å². The lowest BCUT2D eigenvalue weighted by molar-refractivity contribution is 0.00607. The van der Waals surface area contributed by atoms with Crippen LogP contribution in [0.4, 0.5) is 0 Å². The number of nitrogens with zero attached hydrogens (tertiary/aromatic N) is 1. The van der Waals surface area contributed by atoms with E-state index in [1.54, 1.807) is 7.11 Å². The number of aliphatic hydroxyl groups is 1. The Bertz CT molecular complexity index is 1000. The van der Waals surface area contributed by atoms with Crippen LogP contribution in [0, 0.1) is 6.92 Å². The Hall–Kier alpha value is -2.70. The Balaban J connectivity index is 1.34. The average Bonchev–Trinajstić information content (AvgIpc) is 3.43. The molecule has 3 unspecified atom stereocenters. The summed E-state index contributed by atoms with van der Waals surface area (Å²) in [7, 11) is 1.69. The summed E-state index contributed by atoms with van der Waals surface area (Å²) in [6.45, 7) is 5.83. The van der Waals surface area contributed by atoms with Crippen LogP contribution < -0.4 is 10.1 Å². The van der Waals surface area contributed by atoms with Crippen molar-refractivity contribution in [2.24, 2.45) is 0 Å². The number of methoxy groups -OCH3 is 1. The van der Waals surface area contributed by atoms with Crippen molar-refractivity contribution < 1.29 is 14.6 Å². The Morgan fingerprint density at radius 3 is 2.11 bits per heavy atom. The van der Waals surface area contributed by atoms with Gasteiger partial charge in [-0.05, 0) is 61.7 Å². The van der Waals surface area contributed by atoms with Crippen LogP contribution in [-0.2, 0) is 4.74 Å². The van der Waals surface area contributed by atoms with Crippen LogP contribution in [0.1, 0.15) is 47.2 Å². The van der Waals surface area contributed by atoms with Gasteiger partial charge < -0.3 is 19.9 Å². The number of hydrogen-bond donors (Lipinski definition) is 2. The van der Waals surface area contributed by atoms with Gasteiger partial charge in [-0.15, -0.1) is 0 Å². The monoisotopic (exact) mass is 474 g/mol. The van der Waals surface area contributed by atoms with E-state index in [4.69, 9.17) is 9.47 Å². The largest absolute Gasteiger partial charge is 0.497 e. The summed E-state index contributed by atoms with van der Waals surface area (Å²) in [5, 5.41) is 14.2. The van der Waals surface area contributed by atoms with Crippen molar-refractivity contribution in [2.45, 2.75) is 38.0 Å². The molecular weight excluding hydrogens is 436 g/mol. The number of aliphatic hydroxyl groups excluding tert-OH is 1. The van der Waals surface area contributed by atoms with Crippen LogP contribution >= 0.6 is 0 Å². The quantitative estimate of drug-likeness (QED) is 0.391. The van der Waals surface area contributed by atoms with Gasteiger partial charge in [0.2, 0.25) is 0 Å². The van der Waals surface area contributed by atoms with Crippen LogP contribution in [0.25, 0.3) is 0 Å². The third kappa shape index (κ3) is 7.15. The molecule has 0 amide bonds. The Morgan fingerprint density at radius 2 is 1.46 bits per heavy atom. The second kappa shape index (κ2) is 12.8. The first-order chi connectivity index (χ1) is 17.1. The molecule has 186 valence electrons. The van der Waals surface area contributed by atoms with E-state index in [1.807, 2.05) is 30.3 Å². The number of benzene rings is 3. The standard InChI is InChI=1S/C30H38N2O3/c1-23-10-12-26(13-11-23)30(25-8-4-3-5-9-25)35-22-27(33)20-31-21-29(32-18-6-7-19-32)24-14-16-28(34-2)17-15-24/h3-5,8-17,27,29-31,33H,6-7,18-22H2,1-2H3. The molecule has 0 aromatic heterocycles. The van der Waals surface area contributed by atoms with Crippen molar-refractivity contribution in [3.05, 3.63) is 101 Å². The van der Waals surface area contributed by atoms with Crippen molar-refractivity contribution in [3.63, 3.8) is 0 Å². The molecular formula is C30H38N2O3. The molecule has 1 saturated heterocycles. The van der Waals surface area contributed by atoms with Crippen molar-refractivity contribution in [2.75, 3.05) is 39.9 Å². The summed E-state index contributed by atoms with van der Waals surface area (Å²) >= 11 is 0. The molecule has 1 aliphatic heterocycles. The third-order valence-electron chi connectivity index (χ3n) is 6.74. The van der Waals surface area contributed by atoms with E-state index in [2.05, 4.69) is 65.7 Å². The Labute approximate surface area is 209 Å². The molecule has 0 saturated carbocycles. The number of hydrogen-bond acceptors (Lipinski definition) is 5. The first-order valence-corrected chi connectivity index (χ1v) is 12.6. The number of aryl methyl sites for hydroxylation is 1. The molecule has 0 spiro atoms. The van der Waals surface area contributed by atoms with Crippen molar-refractivity contribution >= 4 is 0 Å². The molecule has 5 heteroatoms. The molecule has 35 heavy (non-hydrogen) atoms. The summed E-state index contributed by atoms with van der Waals surface area (Å²) in [4.78, 5) is 2.53. The van der Waals surface area contributed by atoms with Crippen molar-refractivity contribution in [1.29, 1.82) is 0 Å². The summed E-state index contributed by atoms with van der Waals surface area (Å²) in [6, 6.07) is 27.2. The highest BCUT2D eigenvalue weighted by Gasteiger charge is 2.24. The van der Waals surface area contributed by atoms with E-state index in [-0.39, 0.29) is 18.8 Å². The number of likely N-dealkylation sites (tertiary alicyclic amines) is 1. The molecule has 4 rings (SSSR count). The normalized spacial score (nSPS) is 16.7. The molecule has 3 aromatic carbocycles. The maximum absolute atomic E-state index is 10.7. The minimum absolute atomic E-state index is 0.205. The fourth-order valence-corrected chi connectivity index (χ4v) is 4.74. The van der Waals surface area contributed by atoms with E-state index in [0.717, 1.165) is 36.5 Å². The number of nitrogens with one attached hydrogen (secondary N) is 1. The fraction of sp³-hybridized carbons (Fsp3) is 0.400. The highest BCUT2D eigenvalue weighted by atomic mass is 16.5. The number of rotatable bonds is 12. The predicted molar refractivity (Wildman–Crippen MR) is 141 cm³/mol. The first-order valence-electron chi connectivity index (χ1n) is 12.6. The summed E-state index contributed by atoms with van der Waals surface area (Å²) < 4.78 is 11.6. The second-order valence-corrected chi connectivity index (χ2v) is 9.38. The summed E-state index contributed by atoms with van der Waals surface area (Å²) in [5.41, 5.74) is 4.67. The van der Waals surface area contributed by atoms with E-state index in [1.165, 1.54) is 24.0 Å². The van der Waals surface area contributed by atoms with Crippen molar-refractivity contribution in [1.82, 2.24) is 10.2 Å². The molecule has 2 N–H and O–H groups in total. The van der Waals surface area contributed by atoms with Gasteiger partial charge in [0.25, 0.3) is 0 Å². The molecule has 1 aliphatic rings. The van der Waals surface area contributed by atoms with Crippen LogP contribution in [0.5, 0.6) is 5.75 Å². The van der Waals surface area contributed by atoms with Gasteiger partial charge in [0, 0.05) is 19.1 Å². The Kier molecular flexibility index (Phi) is 9.32. The zero-order chi connectivity index (χ0) is 24.5. The molecule has 0 bridgehead atoms. The predicted octanol–water partition coefficient (Wildman–Crippen LogP) is 4.90. The lowest BCUT2D eigenvalue weighted by Crippen LogP contribution is -2.38. The minimum atomic E-state index is -0.596. The zero-order valence-corrected chi connectivity index (χ0v) is 20.9. The van der Waals surface area contributed by atoms with Crippen LogP contribution in [-0.4, -0.2) is 56.0 Å². The van der Waals surface area contributed by atoms with Crippen LogP contribution in [0.3, 0.4) is 0 Å². The maximum atomic E-state index is 10.7. The smallest absolute Gasteiger partial charge is 0.118 e. The lowest BCUT2D eigenvalue weighted by atomic mass is 10.0. The molecule has 5 nitrogen and oxygen atoms in total. The van der Waals surface area contributed by atoms with E-state index < -0.39 is 6.10 Å². The SMILES string of the molecule is COc1ccc(C(CNCC(O)COC(c2ccccc2)c2ccc(C)cc2)N2CCCC2)cc1. The highest BCUT2D eigenvalue weighted by molar-refractivity contribution is 5.32. The lowest BCUT2D eigenvalue weighted by Gasteiger charge is -2.29. The zero-order valence-electron chi connectivity index (χ0n) is 20.9. The second-order valence-electron chi connectivity index (χ2n) is 9.38. The molecule has 0 aliphatic carbocycles. The molecule has 1 heterocycles. The topological polar surface area (TPSA) is 54.0 Å². The average molecular weight is 475 g/mol. The van der Waals surface area contributed by atoms with Gasteiger partial charge in [-0.25, -0.2) is 0 Å². The number of ether oxygens (including phenoxy) is 2. The van der Waals surface area contributed by atoms with Gasteiger partial charge in [-0.2, -0.15) is 0 Å². The molecule has 0 radical (unpaired) electrons. The Morgan fingerprint density at radius 1 is 0.829 bits per heavy atom. The summed E-state index contributed by atoms with van der Waals surface area (Å²) in [6.07, 6.45) is 1.68. The summed E-state index contributed by atoms with van der Waals surface area (Å²) in [5.74, 6) is 0.871. The van der Waals surface area contributed by atoms with Crippen LogP contribution in [0.2, 0.25) is 0 Å². The van der Waals surface area contributed by atoms with Crippen molar-refractivity contribution in [3.8, 4) is 5.75 Å². The van der Waals surface area contributed by atoms with Gasteiger partial charge in [-0.1, -0.05) is 72.3 Å². The third-order valence-corrected chi connectivity index (χ3v) is 6.74. The maximum Gasteiger partial charge on any atom is 0.118 e. The minimum Gasteiger partial charge on any atom is -0.497 e. The highest BCUT2D eigenvalue weighted by Crippen LogP contribution is 2.27. The van der Waals surface area contributed by atoms with E-state index >= 15 is 0 Å². The van der Waals surface area contributed by atoms with Gasteiger partial charge in [-0.3, -0.25) is 4.90 Å². The van der Waals surface area contributed by atoms with Crippen LogP contribution in [0.15, 0.2) is 78.9 Å². The van der Waals surface area contributed by atoms with E-state index in [9.17, 15) is 5.11 Å². The molecule has 1 fully saturated rings. The van der Waals surface area contributed by atoms with Gasteiger partial charge >= 0.3 is 0 Å². The molecule has 3 aromatic rings. The van der Waals surface area contributed by atoms with Gasteiger partial charge in [0.1, 0.15) is 11.9 Å². The van der Waals surface area contributed by atoms with E-state index in [0.29, 0.717) is 6.54 Å². The first kappa shape index (κ1) is 25.4. The molecule has 3 atom stereocenters. The van der Waals surface area contributed by atoms with Gasteiger partial charge in [0.05, 0.1) is 19.8 Å².